The van der Waals surface area contributed by atoms with Crippen LogP contribution in [-0.2, 0) is 5.75 Å². The second kappa shape index (κ2) is 10.0. The summed E-state index contributed by atoms with van der Waals surface area (Å²) in [5.41, 5.74) is 3.47. The molecule has 0 N–H and O–H groups in total. The number of benzene rings is 1. The molecule has 25 heavy (non-hydrogen) atoms. The molecule has 0 aliphatic carbocycles. The first kappa shape index (κ1) is 20.1. The van der Waals surface area contributed by atoms with Gasteiger partial charge in [0.15, 0.2) is 0 Å². The van der Waals surface area contributed by atoms with E-state index in [1.807, 2.05) is 38.1 Å². The average molecular weight is 412 g/mol. The topological polar surface area (TPSA) is 25.8 Å². The summed E-state index contributed by atoms with van der Waals surface area (Å²) in [5, 5.41) is 2.43. The first-order valence-corrected chi connectivity index (χ1v) is 9.65. The third-order valence-corrected chi connectivity index (χ3v) is 4.62. The first-order valence-electron chi connectivity index (χ1n) is 7.53. The third-order valence-electron chi connectivity index (χ3n) is 3.05. The van der Waals surface area contributed by atoms with Crippen molar-refractivity contribution in [3.63, 3.8) is 0 Å². The van der Waals surface area contributed by atoms with Crippen LogP contribution in [0, 0.1) is 13.8 Å². The van der Waals surface area contributed by atoms with Gasteiger partial charge in [0.25, 0.3) is 0 Å². The SMILES string of the molecule is Cc1cc(Cl)nc(Cl)c1.Cc1cc(Cl)nc(SCc2ccccc2)c1. The minimum Gasteiger partial charge on any atom is -0.230 e. The fourth-order valence-corrected chi connectivity index (χ4v) is 3.81. The molecule has 1 aromatic carbocycles. The summed E-state index contributed by atoms with van der Waals surface area (Å²) in [5.74, 6) is 0.924. The van der Waals surface area contributed by atoms with Crippen LogP contribution in [0.3, 0.4) is 0 Å². The summed E-state index contributed by atoms with van der Waals surface area (Å²) in [6.45, 7) is 3.94. The number of hydrogen-bond donors (Lipinski definition) is 0. The van der Waals surface area contributed by atoms with Crippen molar-refractivity contribution in [1.29, 1.82) is 0 Å². The Hall–Kier alpha value is -1.26. The third kappa shape index (κ3) is 7.66. The van der Waals surface area contributed by atoms with E-state index >= 15 is 0 Å². The molecule has 0 aliphatic heterocycles. The van der Waals surface area contributed by atoms with Crippen LogP contribution >= 0.6 is 46.6 Å². The fourth-order valence-electron chi connectivity index (χ4n) is 1.98. The number of halogens is 3. The molecule has 2 aromatic heterocycles. The van der Waals surface area contributed by atoms with E-state index < -0.39 is 0 Å². The predicted octanol–water partition coefficient (Wildman–Crippen LogP) is 7.03. The van der Waals surface area contributed by atoms with Crippen LogP contribution in [0.25, 0.3) is 0 Å². The Morgan fingerprint density at radius 1 is 0.760 bits per heavy atom. The Labute approximate surface area is 167 Å². The molecular formula is C19H17Cl3N2S. The molecule has 0 amide bonds. The molecule has 6 heteroatoms. The van der Waals surface area contributed by atoms with Gasteiger partial charge in [0, 0.05) is 5.75 Å². The Morgan fingerprint density at radius 2 is 1.28 bits per heavy atom. The van der Waals surface area contributed by atoms with Gasteiger partial charge < -0.3 is 0 Å². The lowest BCUT2D eigenvalue weighted by molar-refractivity contribution is 1.11. The molecule has 0 atom stereocenters. The van der Waals surface area contributed by atoms with Crippen molar-refractivity contribution in [3.8, 4) is 0 Å². The smallest absolute Gasteiger partial charge is 0.131 e. The Kier molecular flexibility index (Phi) is 8.04. The highest BCUT2D eigenvalue weighted by Crippen LogP contribution is 2.23. The molecule has 130 valence electrons. The van der Waals surface area contributed by atoms with E-state index in [4.69, 9.17) is 34.8 Å². The number of thioether (sulfide) groups is 1. The van der Waals surface area contributed by atoms with Crippen molar-refractivity contribution in [1.82, 2.24) is 9.97 Å². The zero-order valence-electron chi connectivity index (χ0n) is 13.8. The lowest BCUT2D eigenvalue weighted by Gasteiger charge is -2.03. The summed E-state index contributed by atoms with van der Waals surface area (Å²) < 4.78 is 0. The fraction of sp³-hybridized carbons (Fsp3) is 0.158. The molecule has 3 aromatic rings. The standard InChI is InChI=1S/C13H12ClNS.C6H5Cl2N/c1-10-7-12(14)15-13(8-10)16-9-11-5-3-2-4-6-11;1-4-2-5(7)9-6(8)3-4/h2-8H,9H2,1H3;2-3H,1H3. The average Bonchev–Trinajstić information content (AvgIpc) is 2.52. The number of rotatable bonds is 3. The number of aryl methyl sites for hydroxylation is 2. The summed E-state index contributed by atoms with van der Waals surface area (Å²) >= 11 is 18.7. The summed E-state index contributed by atoms with van der Waals surface area (Å²) in [6.07, 6.45) is 0. The highest BCUT2D eigenvalue weighted by molar-refractivity contribution is 7.98. The molecule has 0 radical (unpaired) electrons. The minimum absolute atomic E-state index is 0.444. The Morgan fingerprint density at radius 3 is 1.80 bits per heavy atom. The van der Waals surface area contributed by atoms with Crippen molar-refractivity contribution in [3.05, 3.63) is 86.7 Å². The number of hydrogen-bond acceptors (Lipinski definition) is 3. The predicted molar refractivity (Wildman–Crippen MR) is 109 cm³/mol. The van der Waals surface area contributed by atoms with Gasteiger partial charge in [-0.3, -0.25) is 0 Å². The van der Waals surface area contributed by atoms with E-state index in [0.717, 1.165) is 21.9 Å². The van der Waals surface area contributed by atoms with Gasteiger partial charge in [-0.2, -0.15) is 0 Å². The maximum absolute atomic E-state index is 5.91. The molecule has 0 aliphatic rings. The number of pyridine rings is 2. The minimum atomic E-state index is 0.444. The van der Waals surface area contributed by atoms with Crippen LogP contribution in [0.2, 0.25) is 15.5 Å². The maximum Gasteiger partial charge on any atom is 0.131 e. The number of nitrogens with zero attached hydrogens (tertiary/aromatic N) is 2. The van der Waals surface area contributed by atoms with Gasteiger partial charge in [-0.1, -0.05) is 65.1 Å². The molecule has 2 heterocycles. The van der Waals surface area contributed by atoms with Crippen molar-refractivity contribution in [2.75, 3.05) is 0 Å². The van der Waals surface area contributed by atoms with Gasteiger partial charge >= 0.3 is 0 Å². The molecule has 0 bridgehead atoms. The molecule has 3 rings (SSSR count). The van der Waals surface area contributed by atoms with Gasteiger partial charge in [-0.25, -0.2) is 9.97 Å². The molecule has 2 nitrogen and oxygen atoms in total. The quantitative estimate of drug-likeness (QED) is 0.341. The zero-order chi connectivity index (χ0) is 18.2. The van der Waals surface area contributed by atoms with Crippen molar-refractivity contribution in [2.24, 2.45) is 0 Å². The second-order valence-electron chi connectivity index (χ2n) is 5.37. The molecule has 0 unspecified atom stereocenters. The molecule has 0 saturated carbocycles. The van der Waals surface area contributed by atoms with E-state index in [1.165, 1.54) is 5.56 Å². The van der Waals surface area contributed by atoms with Crippen LogP contribution in [0.1, 0.15) is 16.7 Å². The van der Waals surface area contributed by atoms with Gasteiger partial charge in [0.05, 0.1) is 5.03 Å². The summed E-state index contributed by atoms with van der Waals surface area (Å²) in [7, 11) is 0. The van der Waals surface area contributed by atoms with Gasteiger partial charge in [-0.05, 0) is 54.8 Å². The van der Waals surface area contributed by atoms with Crippen molar-refractivity contribution < 1.29 is 0 Å². The normalized spacial score (nSPS) is 10.1. The van der Waals surface area contributed by atoms with Crippen LogP contribution in [0.4, 0.5) is 0 Å². The van der Waals surface area contributed by atoms with Gasteiger partial charge in [0.1, 0.15) is 15.5 Å². The van der Waals surface area contributed by atoms with E-state index in [9.17, 15) is 0 Å². The summed E-state index contributed by atoms with van der Waals surface area (Å²) in [6, 6.07) is 17.8. The summed E-state index contributed by atoms with van der Waals surface area (Å²) in [4.78, 5) is 8.04. The van der Waals surface area contributed by atoms with E-state index in [1.54, 1.807) is 23.9 Å². The lowest BCUT2D eigenvalue weighted by Crippen LogP contribution is -1.85. The molecule has 0 saturated heterocycles. The van der Waals surface area contributed by atoms with E-state index in [-0.39, 0.29) is 0 Å². The van der Waals surface area contributed by atoms with Crippen LogP contribution < -0.4 is 0 Å². The maximum atomic E-state index is 5.91. The highest BCUT2D eigenvalue weighted by Gasteiger charge is 2.00. The molecule has 0 spiro atoms. The van der Waals surface area contributed by atoms with Crippen molar-refractivity contribution in [2.45, 2.75) is 24.6 Å². The largest absolute Gasteiger partial charge is 0.230 e. The van der Waals surface area contributed by atoms with Crippen LogP contribution in [0.5, 0.6) is 0 Å². The van der Waals surface area contributed by atoms with Crippen LogP contribution in [-0.4, -0.2) is 9.97 Å². The van der Waals surface area contributed by atoms with Gasteiger partial charge in [0.2, 0.25) is 0 Å². The van der Waals surface area contributed by atoms with Crippen LogP contribution in [0.15, 0.2) is 59.6 Å². The number of aromatic nitrogens is 2. The van der Waals surface area contributed by atoms with Gasteiger partial charge in [-0.15, -0.1) is 11.8 Å². The lowest BCUT2D eigenvalue weighted by atomic mass is 10.2. The highest BCUT2D eigenvalue weighted by atomic mass is 35.5. The zero-order valence-corrected chi connectivity index (χ0v) is 16.9. The Bertz CT molecular complexity index is 755. The second-order valence-corrected chi connectivity index (χ2v) is 7.53. The Balaban J connectivity index is 0.000000212. The van der Waals surface area contributed by atoms with E-state index in [0.29, 0.717) is 15.5 Å². The monoisotopic (exact) mass is 410 g/mol. The van der Waals surface area contributed by atoms with Crippen molar-refractivity contribution >= 4 is 46.6 Å². The first-order chi connectivity index (χ1) is 11.9. The molecule has 0 fully saturated rings. The van der Waals surface area contributed by atoms with E-state index in [2.05, 4.69) is 28.2 Å². The molecular weight excluding hydrogens is 395 g/mol.